The van der Waals surface area contributed by atoms with Crippen LogP contribution < -0.4 is 10.2 Å². The van der Waals surface area contributed by atoms with Crippen molar-refractivity contribution in [1.29, 1.82) is 0 Å². The van der Waals surface area contributed by atoms with E-state index in [2.05, 4.69) is 10.3 Å². The largest absolute Gasteiger partial charge is 0.488 e. The molecule has 22 heavy (non-hydrogen) atoms. The van der Waals surface area contributed by atoms with Crippen LogP contribution in [0.1, 0.15) is 0 Å². The van der Waals surface area contributed by atoms with E-state index >= 15 is 0 Å². The van der Waals surface area contributed by atoms with Gasteiger partial charge in [-0.2, -0.15) is 0 Å². The van der Waals surface area contributed by atoms with Crippen molar-refractivity contribution in [1.82, 2.24) is 15.0 Å². The highest BCUT2D eigenvalue weighted by Crippen LogP contribution is 2.25. The molecule has 0 unspecified atom stereocenters. The van der Waals surface area contributed by atoms with Crippen molar-refractivity contribution in [3.8, 4) is 22.8 Å². The molecule has 0 fully saturated rings. The van der Waals surface area contributed by atoms with E-state index in [0.717, 1.165) is 11.3 Å². The molecule has 1 heterocycles. The molecule has 110 valence electrons. The summed E-state index contributed by atoms with van der Waals surface area (Å²) in [5.41, 5.74) is 2.03. The second-order valence-electron chi connectivity index (χ2n) is 4.85. The van der Waals surface area contributed by atoms with E-state index in [0.29, 0.717) is 17.0 Å². The molecule has 3 rings (SSSR count). The molecule has 0 amide bonds. The summed E-state index contributed by atoms with van der Waals surface area (Å²) in [6.07, 6.45) is 1.82. The Morgan fingerprint density at radius 3 is 2.45 bits per heavy atom. The fourth-order valence-electron chi connectivity index (χ4n) is 2.07. The highest BCUT2D eigenvalue weighted by atomic mass is 16.5. The Balaban J connectivity index is 1.85. The van der Waals surface area contributed by atoms with Crippen molar-refractivity contribution in [2.24, 2.45) is 7.05 Å². The number of hydrogen-bond donors (Lipinski definition) is 2. The van der Waals surface area contributed by atoms with Crippen molar-refractivity contribution in [3.63, 3.8) is 0 Å². The van der Waals surface area contributed by atoms with Crippen molar-refractivity contribution in [2.45, 2.75) is 0 Å². The van der Waals surface area contributed by atoms with Gasteiger partial charge in [-0.3, -0.25) is 4.68 Å². The molecule has 0 bridgehead atoms. The van der Waals surface area contributed by atoms with Gasteiger partial charge in [0.25, 0.3) is 0 Å². The topological polar surface area (TPSA) is 80.4 Å². The minimum Gasteiger partial charge on any atom is -0.457 e. The van der Waals surface area contributed by atoms with E-state index in [-0.39, 0.29) is 0 Å². The first kappa shape index (κ1) is 14.3. The van der Waals surface area contributed by atoms with Crippen LogP contribution in [0.3, 0.4) is 0 Å². The van der Waals surface area contributed by atoms with Gasteiger partial charge in [0.15, 0.2) is 0 Å². The van der Waals surface area contributed by atoms with Crippen LogP contribution >= 0.6 is 0 Å². The van der Waals surface area contributed by atoms with Gasteiger partial charge in [0, 0.05) is 12.6 Å². The Hall–Kier alpha value is -2.64. The van der Waals surface area contributed by atoms with E-state index in [1.807, 2.05) is 37.5 Å². The summed E-state index contributed by atoms with van der Waals surface area (Å²) in [7, 11) is 0.289. The molecule has 3 aromatic rings. The average molecular weight is 295 g/mol. The Bertz CT molecular complexity index is 789. The van der Waals surface area contributed by atoms with Crippen molar-refractivity contribution in [3.05, 3.63) is 54.7 Å². The van der Waals surface area contributed by atoms with Gasteiger partial charge in [0.1, 0.15) is 17.2 Å². The van der Waals surface area contributed by atoms with Crippen molar-refractivity contribution < 1.29 is 14.8 Å². The zero-order valence-electron chi connectivity index (χ0n) is 11.9. The lowest BCUT2D eigenvalue weighted by molar-refractivity contribution is 0.425. The van der Waals surface area contributed by atoms with E-state index in [9.17, 15) is 10.0 Å². The molecule has 6 nitrogen and oxygen atoms in total. The number of nitrogens with zero attached hydrogens (tertiary/aromatic N) is 3. The first-order valence-corrected chi connectivity index (χ1v) is 6.72. The van der Waals surface area contributed by atoms with Crippen molar-refractivity contribution >= 4 is 12.6 Å². The van der Waals surface area contributed by atoms with Crippen LogP contribution in [-0.2, 0) is 7.05 Å². The lowest BCUT2D eigenvalue weighted by Crippen LogP contribution is -2.29. The third kappa shape index (κ3) is 3.16. The SMILES string of the molecule is Cn1cc(-c2cccc(Oc3cccc(B(O)O)c3)c2)nn1. The maximum atomic E-state index is 9.19. The van der Waals surface area contributed by atoms with Gasteiger partial charge >= 0.3 is 7.12 Å². The van der Waals surface area contributed by atoms with E-state index in [1.165, 1.54) is 0 Å². The molecule has 0 aliphatic rings. The summed E-state index contributed by atoms with van der Waals surface area (Å²) in [6.45, 7) is 0. The Morgan fingerprint density at radius 2 is 1.77 bits per heavy atom. The quantitative estimate of drug-likeness (QED) is 0.701. The number of ether oxygens (including phenoxy) is 1. The second-order valence-corrected chi connectivity index (χ2v) is 4.85. The molecule has 0 radical (unpaired) electrons. The first-order chi connectivity index (χ1) is 10.6. The maximum Gasteiger partial charge on any atom is 0.488 e. The molecular weight excluding hydrogens is 281 g/mol. The van der Waals surface area contributed by atoms with Crippen LogP contribution in [0, 0.1) is 0 Å². The molecule has 0 aliphatic carbocycles. The van der Waals surface area contributed by atoms with Crippen molar-refractivity contribution in [2.75, 3.05) is 0 Å². The summed E-state index contributed by atoms with van der Waals surface area (Å²) < 4.78 is 7.39. The number of aromatic nitrogens is 3. The lowest BCUT2D eigenvalue weighted by Gasteiger charge is -2.08. The minimum atomic E-state index is -1.52. The van der Waals surface area contributed by atoms with Crippen LogP contribution in [0.2, 0.25) is 0 Å². The molecule has 2 N–H and O–H groups in total. The minimum absolute atomic E-state index is 0.377. The van der Waals surface area contributed by atoms with E-state index in [4.69, 9.17) is 4.74 Å². The fourth-order valence-corrected chi connectivity index (χ4v) is 2.07. The normalized spacial score (nSPS) is 10.5. The molecule has 2 aromatic carbocycles. The predicted octanol–water partition coefficient (Wildman–Crippen LogP) is 0.954. The predicted molar refractivity (Wildman–Crippen MR) is 82.8 cm³/mol. The number of benzene rings is 2. The third-order valence-corrected chi connectivity index (χ3v) is 3.12. The van der Waals surface area contributed by atoms with Crippen LogP contribution in [0.4, 0.5) is 0 Å². The summed E-state index contributed by atoms with van der Waals surface area (Å²) in [4.78, 5) is 0. The second kappa shape index (κ2) is 6.01. The van der Waals surface area contributed by atoms with E-state index in [1.54, 1.807) is 28.9 Å². The van der Waals surface area contributed by atoms with Gasteiger partial charge in [-0.25, -0.2) is 0 Å². The third-order valence-electron chi connectivity index (χ3n) is 3.12. The molecule has 0 saturated carbocycles. The fraction of sp³-hybridized carbons (Fsp3) is 0.0667. The van der Waals surface area contributed by atoms with Gasteiger partial charge in [-0.05, 0) is 29.7 Å². The smallest absolute Gasteiger partial charge is 0.457 e. The maximum absolute atomic E-state index is 9.19. The van der Waals surface area contributed by atoms with Gasteiger partial charge in [0.05, 0.1) is 6.20 Å². The van der Waals surface area contributed by atoms with Crippen LogP contribution in [0.5, 0.6) is 11.5 Å². The molecule has 0 saturated heterocycles. The molecule has 0 aliphatic heterocycles. The van der Waals surface area contributed by atoms with Crippen LogP contribution in [-0.4, -0.2) is 32.2 Å². The van der Waals surface area contributed by atoms with Gasteiger partial charge < -0.3 is 14.8 Å². The number of rotatable bonds is 4. The Kier molecular flexibility index (Phi) is 3.91. The summed E-state index contributed by atoms with van der Waals surface area (Å²) >= 11 is 0. The van der Waals surface area contributed by atoms with Crippen LogP contribution in [0.25, 0.3) is 11.3 Å². The van der Waals surface area contributed by atoms with Crippen LogP contribution in [0.15, 0.2) is 54.7 Å². The standard InChI is InChI=1S/C15H14BN3O3/c1-19-10-15(17-18-19)11-4-2-6-13(8-11)22-14-7-3-5-12(9-14)16(20)21/h2-10,20-21H,1H3. The number of aryl methyl sites for hydroxylation is 1. The van der Waals surface area contributed by atoms with E-state index < -0.39 is 7.12 Å². The molecule has 1 aromatic heterocycles. The summed E-state index contributed by atoms with van der Waals surface area (Å²) in [6, 6.07) is 14.1. The highest BCUT2D eigenvalue weighted by Gasteiger charge is 2.11. The Morgan fingerprint density at radius 1 is 1.05 bits per heavy atom. The summed E-state index contributed by atoms with van der Waals surface area (Å²) in [5, 5.41) is 26.4. The first-order valence-electron chi connectivity index (χ1n) is 6.72. The Labute approximate surface area is 127 Å². The summed E-state index contributed by atoms with van der Waals surface area (Å²) in [5.74, 6) is 1.16. The average Bonchev–Trinajstić information content (AvgIpc) is 2.94. The molecule has 7 heteroatoms. The molecular formula is C15H14BN3O3. The van der Waals surface area contributed by atoms with Gasteiger partial charge in [-0.1, -0.05) is 29.5 Å². The highest BCUT2D eigenvalue weighted by molar-refractivity contribution is 6.58. The lowest BCUT2D eigenvalue weighted by atomic mass is 9.80. The van der Waals surface area contributed by atoms with Gasteiger partial charge in [-0.15, -0.1) is 5.10 Å². The molecule has 0 spiro atoms. The zero-order chi connectivity index (χ0) is 15.5. The molecule has 0 atom stereocenters. The zero-order valence-corrected chi connectivity index (χ0v) is 11.9. The number of hydrogen-bond acceptors (Lipinski definition) is 5. The monoisotopic (exact) mass is 295 g/mol. The van der Waals surface area contributed by atoms with Gasteiger partial charge in [0.2, 0.25) is 0 Å².